The zero-order chi connectivity index (χ0) is 26.8. The van der Waals surface area contributed by atoms with Crippen molar-refractivity contribution in [1.29, 1.82) is 0 Å². The Kier molecular flexibility index (Phi) is 7.66. The summed E-state index contributed by atoms with van der Waals surface area (Å²) in [6, 6.07) is 25.3. The average Bonchev–Trinajstić information content (AvgIpc) is 3.39. The second-order valence-electron chi connectivity index (χ2n) is 9.67. The Morgan fingerprint density at radius 2 is 1.29 bits per heavy atom. The van der Waals surface area contributed by atoms with E-state index in [4.69, 9.17) is 4.74 Å². The Morgan fingerprint density at radius 3 is 1.82 bits per heavy atom. The van der Waals surface area contributed by atoms with Crippen LogP contribution in [0.2, 0.25) is 0 Å². The molecule has 0 aliphatic carbocycles. The minimum atomic E-state index is -0.256. The topological polar surface area (TPSA) is 36.2 Å². The highest BCUT2D eigenvalue weighted by Gasteiger charge is 2.32. The Morgan fingerprint density at radius 1 is 0.789 bits per heavy atom. The van der Waals surface area contributed by atoms with Gasteiger partial charge in [0, 0.05) is 58.0 Å². The summed E-state index contributed by atoms with van der Waals surface area (Å²) >= 11 is 1.68. The highest BCUT2D eigenvalue weighted by molar-refractivity contribution is 7.98. The lowest BCUT2D eigenvalue weighted by molar-refractivity contribution is 0.0529. The number of ether oxygens (including phenoxy) is 1. The molecule has 0 radical (unpaired) electrons. The first-order valence-electron chi connectivity index (χ1n) is 13.4. The number of carbonyl (C=O) groups excluding carboxylic acids is 1. The molecule has 0 saturated heterocycles. The summed E-state index contributed by atoms with van der Waals surface area (Å²) in [6.45, 7) is 11.0. The number of para-hydroxylation sites is 2. The van der Waals surface area contributed by atoms with E-state index in [0.717, 1.165) is 24.4 Å². The molecule has 196 valence electrons. The first-order valence-corrected chi connectivity index (χ1v) is 14.8. The van der Waals surface area contributed by atoms with Gasteiger partial charge in [-0.05, 0) is 68.8 Å². The second kappa shape index (κ2) is 11.1. The van der Waals surface area contributed by atoms with Crippen LogP contribution in [0.5, 0.6) is 0 Å². The fourth-order valence-corrected chi connectivity index (χ4v) is 6.39. The van der Waals surface area contributed by atoms with Gasteiger partial charge >= 0.3 is 5.97 Å². The maximum Gasteiger partial charge on any atom is 0.338 e. The van der Waals surface area contributed by atoms with Gasteiger partial charge in [-0.2, -0.15) is 11.8 Å². The quantitative estimate of drug-likeness (QED) is 0.145. The van der Waals surface area contributed by atoms with Crippen molar-refractivity contribution < 1.29 is 9.53 Å². The Labute approximate surface area is 229 Å². The van der Waals surface area contributed by atoms with Crippen LogP contribution in [-0.2, 0) is 17.8 Å². The van der Waals surface area contributed by atoms with Gasteiger partial charge in [0.2, 0.25) is 0 Å². The largest absolute Gasteiger partial charge is 0.461 e. The lowest BCUT2D eigenvalue weighted by atomic mass is 9.80. The Hall–Kier alpha value is -3.44. The number of rotatable bonds is 9. The number of fused-ring (bicyclic) bond motifs is 2. The first kappa shape index (κ1) is 26.2. The molecule has 4 nitrogen and oxygen atoms in total. The number of carbonyl (C=O) groups is 1. The Balaban J connectivity index is 1.86. The van der Waals surface area contributed by atoms with Crippen LogP contribution in [0.25, 0.3) is 21.8 Å². The van der Waals surface area contributed by atoms with E-state index in [1.54, 1.807) is 11.8 Å². The summed E-state index contributed by atoms with van der Waals surface area (Å²) in [6.07, 6.45) is 2.02. The minimum absolute atomic E-state index is 0.130. The van der Waals surface area contributed by atoms with Crippen LogP contribution in [0.3, 0.4) is 0 Å². The molecule has 0 aliphatic heterocycles. The van der Waals surface area contributed by atoms with Crippen molar-refractivity contribution in [2.45, 2.75) is 46.7 Å². The van der Waals surface area contributed by atoms with Gasteiger partial charge in [0.25, 0.3) is 0 Å². The fraction of sp³-hybridized carbons (Fsp3) is 0.303. The third-order valence-electron chi connectivity index (χ3n) is 7.78. The van der Waals surface area contributed by atoms with E-state index >= 15 is 0 Å². The molecule has 2 aromatic heterocycles. The standard InChI is InChI=1S/C33H36N2O2S/c1-6-34-22(3)30(26-16-10-12-18-28(26)34)32(24-14-8-9-15-25(24)33(36)37-20-21-38-5)31-23(4)35(7-2)29-19-13-11-17-27(29)31/h8-19,32H,6-7,20-21H2,1-5H3. The van der Waals surface area contributed by atoms with Crippen molar-refractivity contribution in [3.63, 3.8) is 0 Å². The molecule has 5 heteroatoms. The molecule has 0 N–H and O–H groups in total. The fourth-order valence-electron chi connectivity index (χ4n) is 6.14. The van der Waals surface area contributed by atoms with Crippen LogP contribution in [0.4, 0.5) is 0 Å². The highest BCUT2D eigenvalue weighted by Crippen LogP contribution is 2.45. The summed E-state index contributed by atoms with van der Waals surface area (Å²) in [5, 5.41) is 2.46. The van der Waals surface area contributed by atoms with Gasteiger partial charge in [0.05, 0.1) is 5.56 Å². The summed E-state index contributed by atoms with van der Waals surface area (Å²) in [5.74, 6) is 0.395. The lowest BCUT2D eigenvalue weighted by Gasteiger charge is -2.23. The molecule has 0 unspecified atom stereocenters. The normalized spacial score (nSPS) is 11.6. The number of aryl methyl sites for hydroxylation is 2. The zero-order valence-electron chi connectivity index (χ0n) is 23.0. The van der Waals surface area contributed by atoms with Gasteiger partial charge in [-0.1, -0.05) is 54.6 Å². The van der Waals surface area contributed by atoms with E-state index < -0.39 is 0 Å². The predicted molar refractivity (Wildman–Crippen MR) is 161 cm³/mol. The molecule has 38 heavy (non-hydrogen) atoms. The van der Waals surface area contributed by atoms with Crippen LogP contribution in [0, 0.1) is 13.8 Å². The number of hydrogen-bond acceptors (Lipinski definition) is 3. The van der Waals surface area contributed by atoms with Gasteiger partial charge in [-0.15, -0.1) is 0 Å². The van der Waals surface area contributed by atoms with Crippen LogP contribution < -0.4 is 0 Å². The third-order valence-corrected chi connectivity index (χ3v) is 8.36. The SMILES string of the molecule is CCn1c(C)c(C(c2ccccc2C(=O)OCCSC)c2c(C)n(CC)c3ccccc23)c2ccccc21. The summed E-state index contributed by atoms with van der Waals surface area (Å²) < 4.78 is 10.5. The average molecular weight is 525 g/mol. The van der Waals surface area contributed by atoms with Crippen molar-refractivity contribution in [2.24, 2.45) is 0 Å². The summed E-state index contributed by atoms with van der Waals surface area (Å²) in [7, 11) is 0. The number of aromatic nitrogens is 2. The van der Waals surface area contributed by atoms with Gasteiger partial charge in [0.15, 0.2) is 0 Å². The molecule has 0 saturated carbocycles. The summed E-state index contributed by atoms with van der Waals surface area (Å²) in [4.78, 5) is 13.5. The van der Waals surface area contributed by atoms with Crippen molar-refractivity contribution >= 4 is 39.5 Å². The third kappa shape index (κ3) is 4.33. The molecule has 0 amide bonds. The van der Waals surface area contributed by atoms with Crippen molar-refractivity contribution in [3.05, 3.63) is 106 Å². The highest BCUT2D eigenvalue weighted by atomic mass is 32.2. The van der Waals surface area contributed by atoms with Crippen LogP contribution in [0.1, 0.15) is 58.2 Å². The van der Waals surface area contributed by atoms with E-state index in [-0.39, 0.29) is 11.9 Å². The number of thioether (sulfide) groups is 1. The van der Waals surface area contributed by atoms with Crippen molar-refractivity contribution in [2.75, 3.05) is 18.6 Å². The van der Waals surface area contributed by atoms with Gasteiger partial charge in [-0.25, -0.2) is 4.79 Å². The van der Waals surface area contributed by atoms with Crippen molar-refractivity contribution in [3.8, 4) is 0 Å². The molecule has 0 bridgehead atoms. The molecule has 0 fully saturated rings. The van der Waals surface area contributed by atoms with Crippen LogP contribution in [0.15, 0.2) is 72.8 Å². The maximum atomic E-state index is 13.5. The summed E-state index contributed by atoms with van der Waals surface area (Å²) in [5.41, 5.74) is 9.07. The molecule has 5 rings (SSSR count). The maximum absolute atomic E-state index is 13.5. The Bertz CT molecular complexity index is 1520. The smallest absolute Gasteiger partial charge is 0.338 e. The van der Waals surface area contributed by atoms with Crippen molar-refractivity contribution in [1.82, 2.24) is 9.13 Å². The van der Waals surface area contributed by atoms with Gasteiger partial charge in [-0.3, -0.25) is 0 Å². The molecule has 5 aromatic rings. The minimum Gasteiger partial charge on any atom is -0.461 e. The molecule has 0 spiro atoms. The van der Waals surface area contributed by atoms with E-state index in [1.807, 2.05) is 24.5 Å². The van der Waals surface area contributed by atoms with E-state index in [1.165, 1.54) is 44.3 Å². The molecule has 2 heterocycles. The van der Waals surface area contributed by atoms with Crippen LogP contribution >= 0.6 is 11.8 Å². The van der Waals surface area contributed by atoms with Gasteiger partial charge < -0.3 is 13.9 Å². The number of esters is 1. The molecular formula is C33H36N2O2S. The van der Waals surface area contributed by atoms with Crippen LogP contribution in [-0.4, -0.2) is 33.7 Å². The number of nitrogens with zero attached hydrogens (tertiary/aromatic N) is 2. The molecule has 0 atom stereocenters. The van der Waals surface area contributed by atoms with Gasteiger partial charge in [0.1, 0.15) is 6.61 Å². The van der Waals surface area contributed by atoms with E-state index in [2.05, 4.69) is 91.4 Å². The predicted octanol–water partition coefficient (Wildman–Crippen LogP) is 7.95. The molecule has 0 aliphatic rings. The van der Waals surface area contributed by atoms with E-state index in [0.29, 0.717) is 12.2 Å². The lowest BCUT2D eigenvalue weighted by Crippen LogP contribution is -2.15. The zero-order valence-corrected chi connectivity index (χ0v) is 23.8. The number of hydrogen-bond donors (Lipinski definition) is 0. The van der Waals surface area contributed by atoms with E-state index in [9.17, 15) is 4.79 Å². The monoisotopic (exact) mass is 524 g/mol. The second-order valence-corrected chi connectivity index (χ2v) is 10.7. The molecular weight excluding hydrogens is 488 g/mol. The molecule has 3 aromatic carbocycles. The first-order chi connectivity index (χ1) is 18.5. The number of benzene rings is 3.